The van der Waals surface area contributed by atoms with Crippen LogP contribution in [-0.2, 0) is 0 Å². The molecule has 0 radical (unpaired) electrons. The van der Waals surface area contributed by atoms with Crippen LogP contribution in [0.4, 0.5) is 4.39 Å². The van der Waals surface area contributed by atoms with Gasteiger partial charge in [-0.1, -0.05) is 0 Å². The fraction of sp³-hybridized carbons (Fsp3) is 0. The van der Waals surface area contributed by atoms with Crippen LogP contribution in [0.25, 0.3) is 0 Å². The van der Waals surface area contributed by atoms with E-state index in [1.54, 1.807) is 12.1 Å². The summed E-state index contributed by atoms with van der Waals surface area (Å²) in [5.74, 6) is -0.176. The van der Waals surface area contributed by atoms with E-state index in [4.69, 9.17) is 0 Å². The minimum atomic E-state index is -0.176. The Morgan fingerprint density at radius 2 is 1.56 bits per heavy atom. The number of hydrogen-bond donors (Lipinski definition) is 0. The van der Waals surface area contributed by atoms with Crippen LogP contribution in [0.3, 0.4) is 0 Å². The molecule has 1 aromatic carbocycles. The van der Waals surface area contributed by atoms with E-state index in [0.29, 0.717) is 0 Å². The van der Waals surface area contributed by atoms with Gasteiger partial charge < -0.3 is 0 Å². The molecule has 3 heteroatoms. The van der Waals surface area contributed by atoms with Crippen molar-refractivity contribution in [2.75, 3.05) is 0 Å². The molecule has 0 aromatic heterocycles. The summed E-state index contributed by atoms with van der Waals surface area (Å²) in [6.07, 6.45) is 0. The fourth-order valence-electron chi connectivity index (χ4n) is 0.430. The Hall–Kier alpha value is 0.310. The summed E-state index contributed by atoms with van der Waals surface area (Å²) >= 11 is 2.13. The molecule has 0 spiro atoms. The van der Waals surface area contributed by atoms with Gasteiger partial charge in [0, 0.05) is 3.57 Å². The molecule has 0 aliphatic heterocycles. The highest BCUT2D eigenvalue weighted by molar-refractivity contribution is 14.1. The lowest BCUT2D eigenvalue weighted by atomic mass is 10.4. The van der Waals surface area contributed by atoms with Gasteiger partial charge in [-0.3, -0.25) is 0 Å². The molecule has 0 nitrogen and oxygen atoms in total. The molecule has 0 bridgehead atoms. The van der Waals surface area contributed by atoms with Gasteiger partial charge in [-0.05, 0) is 46.9 Å². The molecule has 0 heterocycles. The monoisotopic (exact) mass is 256 g/mol. The quantitative estimate of drug-likeness (QED) is 0.494. The topological polar surface area (TPSA) is 0 Å². The Morgan fingerprint density at radius 1 is 1.11 bits per heavy atom. The molecule has 1 atom stereocenters. The summed E-state index contributed by atoms with van der Waals surface area (Å²) in [6, 6.07) is 6.36. The number of benzene rings is 1. The lowest BCUT2D eigenvalue weighted by molar-refractivity contribution is 0.627. The fourth-order valence-corrected chi connectivity index (χ4v) is 0.789. The zero-order valence-electron chi connectivity index (χ0n) is 4.77. The maximum Gasteiger partial charge on any atom is 0.123 e. The predicted octanol–water partition coefficient (Wildman–Crippen LogP) is 2.49. The second-order valence-corrected chi connectivity index (χ2v) is 2.68. The Labute approximate surface area is 70.6 Å². The van der Waals surface area contributed by atoms with E-state index in [1.807, 2.05) is 0 Å². The Morgan fingerprint density at radius 3 is 1.89 bits per heavy atom. The average Bonchev–Trinajstić information content (AvgIpc) is 1.77. The normalized spacial score (nSPS) is 8.22. The zero-order chi connectivity index (χ0) is 5.98. The highest BCUT2D eigenvalue weighted by Crippen LogP contribution is 2.03. The largest absolute Gasteiger partial charge is 0.207 e. The van der Waals surface area contributed by atoms with Crippen LogP contribution >= 0.6 is 32.5 Å². The van der Waals surface area contributed by atoms with Crippen molar-refractivity contribution >= 4 is 32.5 Å². The third-order valence-electron chi connectivity index (χ3n) is 0.804. The third-order valence-corrected chi connectivity index (χ3v) is 1.52. The van der Waals surface area contributed by atoms with E-state index in [2.05, 4.69) is 22.6 Å². The molecule has 0 saturated heterocycles. The lowest BCUT2D eigenvalue weighted by Gasteiger charge is -1.85. The van der Waals surface area contributed by atoms with Crippen molar-refractivity contribution in [2.45, 2.75) is 0 Å². The first-order chi connectivity index (χ1) is 3.79. The SMILES string of the molecule is Fc1ccc(I)cc1.P. The number of hydrogen-bond acceptors (Lipinski definition) is 0. The van der Waals surface area contributed by atoms with Crippen LogP contribution < -0.4 is 0 Å². The van der Waals surface area contributed by atoms with Gasteiger partial charge in [-0.2, -0.15) is 9.90 Å². The second kappa shape index (κ2) is 4.18. The molecular formula is C6H7FIP. The predicted molar refractivity (Wildman–Crippen MR) is 50.2 cm³/mol. The van der Waals surface area contributed by atoms with Crippen molar-refractivity contribution in [1.82, 2.24) is 0 Å². The van der Waals surface area contributed by atoms with Crippen molar-refractivity contribution in [3.8, 4) is 0 Å². The summed E-state index contributed by atoms with van der Waals surface area (Å²) in [7, 11) is 0. The maximum absolute atomic E-state index is 12.1. The van der Waals surface area contributed by atoms with E-state index < -0.39 is 0 Å². The van der Waals surface area contributed by atoms with Crippen molar-refractivity contribution in [3.63, 3.8) is 0 Å². The average molecular weight is 256 g/mol. The highest BCUT2D eigenvalue weighted by atomic mass is 127. The van der Waals surface area contributed by atoms with Gasteiger partial charge in [0.15, 0.2) is 0 Å². The molecule has 9 heavy (non-hydrogen) atoms. The van der Waals surface area contributed by atoms with E-state index in [9.17, 15) is 4.39 Å². The van der Waals surface area contributed by atoms with Gasteiger partial charge in [0.1, 0.15) is 5.82 Å². The first kappa shape index (κ1) is 9.31. The lowest BCUT2D eigenvalue weighted by Crippen LogP contribution is -1.70. The van der Waals surface area contributed by atoms with Gasteiger partial charge in [0.25, 0.3) is 0 Å². The van der Waals surface area contributed by atoms with Crippen LogP contribution in [-0.4, -0.2) is 0 Å². The smallest absolute Gasteiger partial charge is 0.123 e. The van der Waals surface area contributed by atoms with Gasteiger partial charge in [0.05, 0.1) is 0 Å². The Kier molecular flexibility index (Phi) is 4.32. The van der Waals surface area contributed by atoms with Gasteiger partial charge in [-0.25, -0.2) is 4.39 Å². The van der Waals surface area contributed by atoms with Crippen molar-refractivity contribution in [1.29, 1.82) is 0 Å². The molecule has 1 unspecified atom stereocenters. The van der Waals surface area contributed by atoms with Crippen molar-refractivity contribution in [3.05, 3.63) is 33.7 Å². The maximum atomic E-state index is 12.1. The van der Waals surface area contributed by atoms with E-state index in [-0.39, 0.29) is 15.7 Å². The Bertz CT molecular complexity index is 152. The van der Waals surface area contributed by atoms with Crippen molar-refractivity contribution in [2.24, 2.45) is 0 Å². The van der Waals surface area contributed by atoms with E-state index in [0.717, 1.165) is 3.57 Å². The van der Waals surface area contributed by atoms with Crippen LogP contribution in [0.2, 0.25) is 0 Å². The number of halogens is 2. The van der Waals surface area contributed by atoms with Crippen LogP contribution in [0.15, 0.2) is 24.3 Å². The van der Waals surface area contributed by atoms with Crippen LogP contribution in [0.1, 0.15) is 0 Å². The summed E-state index contributed by atoms with van der Waals surface area (Å²) in [4.78, 5) is 0. The minimum absolute atomic E-state index is 0. The summed E-state index contributed by atoms with van der Waals surface area (Å²) in [6.45, 7) is 0. The summed E-state index contributed by atoms with van der Waals surface area (Å²) in [5, 5.41) is 0. The summed E-state index contributed by atoms with van der Waals surface area (Å²) < 4.78 is 13.1. The second-order valence-electron chi connectivity index (χ2n) is 1.44. The highest BCUT2D eigenvalue weighted by Gasteiger charge is 1.84. The standard InChI is InChI=1S/C6H4FI.H3P/c7-5-1-3-6(8)4-2-5;/h1-4H;1H3. The van der Waals surface area contributed by atoms with Gasteiger partial charge in [-0.15, -0.1) is 0 Å². The molecule has 0 fully saturated rings. The van der Waals surface area contributed by atoms with Gasteiger partial charge >= 0.3 is 0 Å². The molecule has 50 valence electrons. The molecule has 0 amide bonds. The van der Waals surface area contributed by atoms with E-state index in [1.165, 1.54) is 12.1 Å². The minimum Gasteiger partial charge on any atom is -0.207 e. The first-order valence-corrected chi connectivity index (χ1v) is 3.28. The van der Waals surface area contributed by atoms with Crippen LogP contribution in [0, 0.1) is 9.39 Å². The molecular weight excluding hydrogens is 249 g/mol. The Balaban J connectivity index is 0.000000640. The van der Waals surface area contributed by atoms with Crippen molar-refractivity contribution < 1.29 is 4.39 Å². The molecule has 0 aliphatic rings. The first-order valence-electron chi connectivity index (χ1n) is 2.20. The molecule has 1 aromatic rings. The molecule has 0 saturated carbocycles. The molecule has 1 rings (SSSR count). The number of rotatable bonds is 0. The summed E-state index contributed by atoms with van der Waals surface area (Å²) in [5.41, 5.74) is 0. The van der Waals surface area contributed by atoms with Crippen LogP contribution in [0.5, 0.6) is 0 Å². The molecule has 0 aliphatic carbocycles. The van der Waals surface area contributed by atoms with Gasteiger partial charge in [0.2, 0.25) is 0 Å². The zero-order valence-corrected chi connectivity index (χ0v) is 8.34. The van der Waals surface area contributed by atoms with E-state index >= 15 is 0 Å². The molecule has 0 N–H and O–H groups in total. The third kappa shape index (κ3) is 3.11.